The Morgan fingerprint density at radius 2 is 1.58 bits per heavy atom. The van der Waals surface area contributed by atoms with E-state index in [1.54, 1.807) is 4.90 Å². The van der Waals surface area contributed by atoms with Gasteiger partial charge in [-0.05, 0) is 25.7 Å². The van der Waals surface area contributed by atoms with E-state index >= 15 is 0 Å². The third-order valence-corrected chi connectivity index (χ3v) is 4.10. The van der Waals surface area contributed by atoms with E-state index in [4.69, 9.17) is 0 Å². The average Bonchev–Trinajstić information content (AvgIpc) is 2.97. The van der Waals surface area contributed by atoms with Gasteiger partial charge in [0, 0.05) is 38.1 Å². The average molecular weight is 267 g/mol. The van der Waals surface area contributed by atoms with Crippen LogP contribution in [0.1, 0.15) is 34.1 Å². The summed E-state index contributed by atoms with van der Waals surface area (Å²) in [6.07, 6.45) is 1.000. The molecule has 2 rings (SSSR count). The highest BCUT2D eigenvalue weighted by Crippen LogP contribution is 2.52. The van der Waals surface area contributed by atoms with Gasteiger partial charge in [-0.1, -0.05) is 13.8 Å². The van der Waals surface area contributed by atoms with Gasteiger partial charge in [0.1, 0.15) is 0 Å². The van der Waals surface area contributed by atoms with Crippen molar-refractivity contribution in [3.05, 3.63) is 0 Å². The van der Waals surface area contributed by atoms with Crippen LogP contribution in [0.3, 0.4) is 0 Å². The normalized spacial score (nSPS) is 25.4. The zero-order valence-electron chi connectivity index (χ0n) is 12.4. The second kappa shape index (κ2) is 5.02. The van der Waals surface area contributed by atoms with Crippen molar-refractivity contribution >= 4 is 11.9 Å². The van der Waals surface area contributed by atoms with Gasteiger partial charge < -0.3 is 15.1 Å². The molecule has 1 saturated carbocycles. The molecule has 0 aromatic rings. The highest BCUT2D eigenvalue weighted by Gasteiger charge is 2.52. The number of nitrogens with one attached hydrogen (secondary N) is 1. The second-order valence-corrected chi connectivity index (χ2v) is 6.66. The third kappa shape index (κ3) is 3.19. The van der Waals surface area contributed by atoms with Crippen LogP contribution in [0, 0.1) is 11.3 Å². The van der Waals surface area contributed by atoms with Gasteiger partial charge in [0.05, 0.1) is 0 Å². The maximum absolute atomic E-state index is 12.2. The number of rotatable bonds is 2. The van der Waals surface area contributed by atoms with E-state index in [0.717, 1.165) is 6.42 Å². The van der Waals surface area contributed by atoms with E-state index in [2.05, 4.69) is 19.2 Å². The number of carbonyl (C=O) groups is 2. The number of carbonyl (C=O) groups excluding carboxylic acids is 2. The quantitative estimate of drug-likeness (QED) is 0.820. The van der Waals surface area contributed by atoms with E-state index in [1.807, 2.05) is 18.7 Å². The van der Waals surface area contributed by atoms with Crippen molar-refractivity contribution < 1.29 is 9.59 Å². The minimum Gasteiger partial charge on any atom is -0.339 e. The van der Waals surface area contributed by atoms with Gasteiger partial charge >= 0.3 is 6.03 Å². The molecule has 0 bridgehead atoms. The summed E-state index contributed by atoms with van der Waals surface area (Å²) in [5.41, 5.74) is 0.184. The Morgan fingerprint density at radius 1 is 1.11 bits per heavy atom. The minimum absolute atomic E-state index is 0.0196. The SMILES string of the molecule is CC(C)NC(=O)N1CCN(C(=O)[C@H]2CC2(C)C)CC1. The molecule has 0 unspecified atom stereocenters. The Morgan fingerprint density at radius 3 is 2.00 bits per heavy atom. The van der Waals surface area contributed by atoms with Crippen molar-refractivity contribution in [2.45, 2.75) is 40.2 Å². The van der Waals surface area contributed by atoms with Crippen LogP contribution < -0.4 is 5.32 Å². The molecule has 5 heteroatoms. The molecule has 0 aromatic carbocycles. The largest absolute Gasteiger partial charge is 0.339 e. The Hall–Kier alpha value is -1.26. The van der Waals surface area contributed by atoms with Crippen molar-refractivity contribution in [2.75, 3.05) is 26.2 Å². The third-order valence-electron chi connectivity index (χ3n) is 4.10. The van der Waals surface area contributed by atoms with Crippen LogP contribution in [0.2, 0.25) is 0 Å². The van der Waals surface area contributed by atoms with Gasteiger partial charge in [-0.3, -0.25) is 4.79 Å². The lowest BCUT2D eigenvalue weighted by atomic mass is 10.1. The van der Waals surface area contributed by atoms with Crippen molar-refractivity contribution in [3.63, 3.8) is 0 Å². The van der Waals surface area contributed by atoms with Crippen LogP contribution in [0.25, 0.3) is 0 Å². The molecule has 3 amide bonds. The smallest absolute Gasteiger partial charge is 0.317 e. The maximum atomic E-state index is 12.2. The van der Waals surface area contributed by atoms with Crippen LogP contribution in [0.5, 0.6) is 0 Å². The molecule has 1 aliphatic carbocycles. The molecule has 108 valence electrons. The number of urea groups is 1. The van der Waals surface area contributed by atoms with E-state index in [1.165, 1.54) is 0 Å². The Labute approximate surface area is 115 Å². The van der Waals surface area contributed by atoms with Crippen LogP contribution in [0.15, 0.2) is 0 Å². The standard InChI is InChI=1S/C14H25N3O2/c1-10(2)15-13(19)17-7-5-16(6-8-17)12(18)11-9-14(11,3)4/h10-11H,5-9H2,1-4H3,(H,15,19)/t11-/m1/s1. The summed E-state index contributed by atoms with van der Waals surface area (Å²) in [4.78, 5) is 27.8. The molecule has 0 spiro atoms. The number of nitrogens with zero attached hydrogens (tertiary/aromatic N) is 2. The number of hydrogen-bond acceptors (Lipinski definition) is 2. The van der Waals surface area contributed by atoms with Crippen LogP contribution in [0.4, 0.5) is 4.79 Å². The van der Waals surface area contributed by atoms with Gasteiger partial charge in [-0.25, -0.2) is 4.79 Å². The van der Waals surface area contributed by atoms with Crippen LogP contribution >= 0.6 is 0 Å². The fourth-order valence-corrected chi connectivity index (χ4v) is 2.58. The van der Waals surface area contributed by atoms with E-state index in [0.29, 0.717) is 26.2 Å². The zero-order chi connectivity index (χ0) is 14.2. The summed E-state index contributed by atoms with van der Waals surface area (Å²) in [6, 6.07) is 0.133. The molecule has 1 heterocycles. The molecule has 1 aliphatic heterocycles. The summed E-state index contributed by atoms with van der Waals surface area (Å²) >= 11 is 0. The fourth-order valence-electron chi connectivity index (χ4n) is 2.58. The van der Waals surface area contributed by atoms with E-state index in [9.17, 15) is 9.59 Å². The summed E-state index contributed by atoms with van der Waals surface area (Å²) < 4.78 is 0. The molecule has 0 aromatic heterocycles. The van der Waals surface area contributed by atoms with Crippen molar-refractivity contribution in [3.8, 4) is 0 Å². The molecular weight excluding hydrogens is 242 g/mol. The molecule has 5 nitrogen and oxygen atoms in total. The number of amides is 3. The van der Waals surface area contributed by atoms with Gasteiger partial charge in [0.15, 0.2) is 0 Å². The lowest BCUT2D eigenvalue weighted by Crippen LogP contribution is -2.54. The molecule has 0 radical (unpaired) electrons. The predicted octanol–water partition coefficient (Wildman–Crippen LogP) is 1.29. The first-order valence-electron chi connectivity index (χ1n) is 7.15. The summed E-state index contributed by atoms with van der Waals surface area (Å²) in [7, 11) is 0. The lowest BCUT2D eigenvalue weighted by Gasteiger charge is -2.35. The Kier molecular flexibility index (Phi) is 3.74. The lowest BCUT2D eigenvalue weighted by molar-refractivity contribution is -0.134. The highest BCUT2D eigenvalue weighted by atomic mass is 16.2. The molecule has 1 N–H and O–H groups in total. The van der Waals surface area contributed by atoms with Crippen LogP contribution in [-0.4, -0.2) is 54.0 Å². The Bertz CT molecular complexity index is 371. The first kappa shape index (κ1) is 14.2. The summed E-state index contributed by atoms with van der Waals surface area (Å²) in [5.74, 6) is 0.470. The number of hydrogen-bond donors (Lipinski definition) is 1. The van der Waals surface area contributed by atoms with Crippen molar-refractivity contribution in [1.82, 2.24) is 15.1 Å². The van der Waals surface area contributed by atoms with Crippen molar-refractivity contribution in [2.24, 2.45) is 11.3 Å². The second-order valence-electron chi connectivity index (χ2n) is 6.66. The molecule has 1 saturated heterocycles. The number of piperazine rings is 1. The van der Waals surface area contributed by atoms with Gasteiger partial charge in [-0.15, -0.1) is 0 Å². The molecular formula is C14H25N3O2. The zero-order valence-corrected chi connectivity index (χ0v) is 12.4. The Balaban J connectivity index is 1.79. The monoisotopic (exact) mass is 267 g/mol. The summed E-state index contributed by atoms with van der Waals surface area (Å²) in [5, 5.41) is 2.89. The molecule has 19 heavy (non-hydrogen) atoms. The maximum Gasteiger partial charge on any atom is 0.317 e. The van der Waals surface area contributed by atoms with E-state index < -0.39 is 0 Å². The first-order chi connectivity index (χ1) is 8.81. The molecule has 2 fully saturated rings. The van der Waals surface area contributed by atoms with Crippen LogP contribution in [-0.2, 0) is 4.79 Å². The minimum atomic E-state index is -0.0196. The molecule has 2 aliphatic rings. The highest BCUT2D eigenvalue weighted by molar-refractivity contribution is 5.83. The fraction of sp³-hybridized carbons (Fsp3) is 0.857. The van der Waals surface area contributed by atoms with Gasteiger partial charge in [-0.2, -0.15) is 0 Å². The topological polar surface area (TPSA) is 52.7 Å². The predicted molar refractivity (Wildman–Crippen MR) is 73.7 cm³/mol. The summed E-state index contributed by atoms with van der Waals surface area (Å²) in [6.45, 7) is 10.8. The van der Waals surface area contributed by atoms with Crippen molar-refractivity contribution in [1.29, 1.82) is 0 Å². The van der Waals surface area contributed by atoms with Gasteiger partial charge in [0.25, 0.3) is 0 Å². The molecule has 1 atom stereocenters. The first-order valence-corrected chi connectivity index (χ1v) is 7.15. The van der Waals surface area contributed by atoms with E-state index in [-0.39, 0.29) is 29.3 Å². The van der Waals surface area contributed by atoms with Gasteiger partial charge in [0.2, 0.25) is 5.91 Å².